The van der Waals surface area contributed by atoms with Crippen molar-refractivity contribution in [2.75, 3.05) is 6.54 Å². The topological polar surface area (TPSA) is 59.2 Å². The van der Waals surface area contributed by atoms with Crippen molar-refractivity contribution >= 4 is 40.7 Å². The molecule has 26 heavy (non-hydrogen) atoms. The van der Waals surface area contributed by atoms with Crippen LogP contribution in [0, 0.1) is 0 Å². The number of rotatable bonds is 5. The maximum atomic E-state index is 12.7. The number of amides is 1. The first-order valence-corrected chi connectivity index (χ1v) is 8.94. The van der Waals surface area contributed by atoms with Crippen molar-refractivity contribution in [3.63, 3.8) is 0 Å². The summed E-state index contributed by atoms with van der Waals surface area (Å²) >= 11 is 18.0. The van der Waals surface area contributed by atoms with E-state index in [4.69, 9.17) is 39.3 Å². The van der Waals surface area contributed by atoms with Crippen molar-refractivity contribution in [3.05, 3.63) is 69.0 Å². The van der Waals surface area contributed by atoms with Gasteiger partial charge in [0.2, 0.25) is 11.7 Å². The lowest BCUT2D eigenvalue weighted by Crippen LogP contribution is -2.30. The summed E-state index contributed by atoms with van der Waals surface area (Å²) in [6.45, 7) is 2.46. The van der Waals surface area contributed by atoms with Crippen LogP contribution in [0.15, 0.2) is 47.0 Å². The van der Waals surface area contributed by atoms with Crippen LogP contribution in [0.5, 0.6) is 0 Å². The van der Waals surface area contributed by atoms with Crippen LogP contribution in [0.25, 0.3) is 11.4 Å². The van der Waals surface area contributed by atoms with Gasteiger partial charge < -0.3 is 9.42 Å². The monoisotopic (exact) mass is 409 g/mol. The number of aromatic nitrogens is 2. The minimum absolute atomic E-state index is 0.165. The Labute approximate surface area is 165 Å². The quantitative estimate of drug-likeness (QED) is 0.568. The van der Waals surface area contributed by atoms with E-state index in [2.05, 4.69) is 10.1 Å². The minimum atomic E-state index is -0.258. The Kier molecular flexibility index (Phi) is 5.81. The summed E-state index contributed by atoms with van der Waals surface area (Å²) < 4.78 is 5.27. The molecule has 0 fully saturated rings. The lowest BCUT2D eigenvalue weighted by Gasteiger charge is -2.19. The number of benzene rings is 2. The molecule has 0 atom stereocenters. The highest BCUT2D eigenvalue weighted by Gasteiger charge is 2.20. The molecular formula is C18H14Cl3N3O2. The summed E-state index contributed by atoms with van der Waals surface area (Å²) in [4.78, 5) is 18.6. The Morgan fingerprint density at radius 3 is 2.46 bits per heavy atom. The van der Waals surface area contributed by atoms with Gasteiger partial charge in [-0.15, -0.1) is 0 Å². The van der Waals surface area contributed by atoms with E-state index in [0.29, 0.717) is 38.9 Å². The Morgan fingerprint density at radius 2 is 1.77 bits per heavy atom. The predicted octanol–water partition coefficient (Wildman–Crippen LogP) is 5.36. The van der Waals surface area contributed by atoms with E-state index < -0.39 is 0 Å². The highest BCUT2D eigenvalue weighted by molar-refractivity contribution is 6.35. The lowest BCUT2D eigenvalue weighted by atomic mass is 10.2. The molecule has 0 saturated heterocycles. The predicted molar refractivity (Wildman–Crippen MR) is 102 cm³/mol. The van der Waals surface area contributed by atoms with Crippen molar-refractivity contribution in [1.29, 1.82) is 0 Å². The molecule has 134 valence electrons. The molecule has 0 aliphatic carbocycles. The molecule has 5 nitrogen and oxygen atoms in total. The first kappa shape index (κ1) is 18.7. The first-order chi connectivity index (χ1) is 12.5. The van der Waals surface area contributed by atoms with Gasteiger partial charge in [-0.3, -0.25) is 4.79 Å². The fourth-order valence-corrected chi connectivity index (χ4v) is 2.85. The molecule has 0 aliphatic heterocycles. The first-order valence-electron chi connectivity index (χ1n) is 7.80. The van der Waals surface area contributed by atoms with Gasteiger partial charge in [-0.2, -0.15) is 4.98 Å². The van der Waals surface area contributed by atoms with Crippen molar-refractivity contribution in [3.8, 4) is 11.4 Å². The molecule has 0 unspecified atom stereocenters. The second-order valence-corrected chi connectivity index (χ2v) is 6.74. The molecule has 1 amide bonds. The average molecular weight is 411 g/mol. The molecular weight excluding hydrogens is 397 g/mol. The summed E-state index contributed by atoms with van der Waals surface area (Å²) in [5.74, 6) is 0.496. The molecule has 0 N–H and O–H groups in total. The van der Waals surface area contributed by atoms with Crippen LogP contribution in [-0.2, 0) is 6.54 Å². The van der Waals surface area contributed by atoms with Gasteiger partial charge in [0, 0.05) is 22.2 Å². The number of carbonyl (C=O) groups excluding carboxylic acids is 1. The zero-order chi connectivity index (χ0) is 18.7. The van der Waals surface area contributed by atoms with E-state index in [1.807, 2.05) is 6.92 Å². The third kappa shape index (κ3) is 4.18. The van der Waals surface area contributed by atoms with Gasteiger partial charge in [-0.05, 0) is 49.4 Å². The zero-order valence-electron chi connectivity index (χ0n) is 13.7. The molecule has 2 aromatic carbocycles. The maximum Gasteiger partial charge on any atom is 0.255 e. The SMILES string of the molecule is CCN(Cc1nc(-c2ccc(Cl)cc2)no1)C(=O)c1cc(Cl)ccc1Cl. The third-order valence-electron chi connectivity index (χ3n) is 3.72. The van der Waals surface area contributed by atoms with Crippen LogP contribution < -0.4 is 0 Å². The number of nitrogens with zero attached hydrogens (tertiary/aromatic N) is 3. The normalized spacial score (nSPS) is 10.8. The summed E-state index contributed by atoms with van der Waals surface area (Å²) in [6.07, 6.45) is 0. The Bertz CT molecular complexity index is 926. The maximum absolute atomic E-state index is 12.7. The van der Waals surface area contributed by atoms with Crippen LogP contribution in [-0.4, -0.2) is 27.5 Å². The number of halogens is 3. The molecule has 0 bridgehead atoms. The van der Waals surface area contributed by atoms with Crippen molar-refractivity contribution < 1.29 is 9.32 Å². The van der Waals surface area contributed by atoms with Gasteiger partial charge in [0.05, 0.1) is 10.6 Å². The van der Waals surface area contributed by atoms with Gasteiger partial charge in [0.15, 0.2) is 0 Å². The van der Waals surface area contributed by atoms with Crippen LogP contribution in [0.3, 0.4) is 0 Å². The van der Waals surface area contributed by atoms with E-state index in [-0.39, 0.29) is 12.5 Å². The van der Waals surface area contributed by atoms with Crippen molar-refractivity contribution in [1.82, 2.24) is 15.0 Å². The number of hydrogen-bond acceptors (Lipinski definition) is 4. The van der Waals surface area contributed by atoms with Gasteiger partial charge in [-0.1, -0.05) is 40.0 Å². The number of hydrogen-bond donors (Lipinski definition) is 0. The highest BCUT2D eigenvalue weighted by Crippen LogP contribution is 2.23. The molecule has 1 aromatic heterocycles. The van der Waals surface area contributed by atoms with Crippen LogP contribution in [0.4, 0.5) is 0 Å². The largest absolute Gasteiger partial charge is 0.337 e. The number of carbonyl (C=O) groups is 1. The second kappa shape index (κ2) is 8.08. The summed E-state index contributed by atoms with van der Waals surface area (Å²) in [5, 5.41) is 5.36. The average Bonchev–Trinajstić information content (AvgIpc) is 3.10. The van der Waals surface area contributed by atoms with E-state index in [1.54, 1.807) is 47.4 Å². The summed E-state index contributed by atoms with van der Waals surface area (Å²) in [7, 11) is 0. The fourth-order valence-electron chi connectivity index (χ4n) is 2.36. The van der Waals surface area contributed by atoms with E-state index in [1.165, 1.54) is 0 Å². The molecule has 0 spiro atoms. The van der Waals surface area contributed by atoms with Crippen LogP contribution >= 0.6 is 34.8 Å². The standard InChI is InChI=1S/C18H14Cl3N3O2/c1-2-24(18(25)14-9-13(20)7-8-15(14)21)10-16-22-17(23-26-16)11-3-5-12(19)6-4-11/h3-9H,2,10H2,1H3. The molecule has 0 saturated carbocycles. The summed E-state index contributed by atoms with van der Waals surface area (Å²) in [5.41, 5.74) is 1.11. The molecule has 0 radical (unpaired) electrons. The van der Waals surface area contributed by atoms with Gasteiger partial charge in [0.1, 0.15) is 6.54 Å². The van der Waals surface area contributed by atoms with Crippen LogP contribution in [0.1, 0.15) is 23.2 Å². The van der Waals surface area contributed by atoms with E-state index in [0.717, 1.165) is 5.56 Å². The molecule has 0 aliphatic rings. The Morgan fingerprint density at radius 1 is 1.08 bits per heavy atom. The van der Waals surface area contributed by atoms with Gasteiger partial charge in [0.25, 0.3) is 5.91 Å². The van der Waals surface area contributed by atoms with E-state index >= 15 is 0 Å². The lowest BCUT2D eigenvalue weighted by molar-refractivity contribution is 0.0734. The minimum Gasteiger partial charge on any atom is -0.337 e. The smallest absolute Gasteiger partial charge is 0.255 e. The highest BCUT2D eigenvalue weighted by atomic mass is 35.5. The third-order valence-corrected chi connectivity index (χ3v) is 4.54. The van der Waals surface area contributed by atoms with Gasteiger partial charge >= 0.3 is 0 Å². The zero-order valence-corrected chi connectivity index (χ0v) is 16.0. The van der Waals surface area contributed by atoms with Gasteiger partial charge in [-0.25, -0.2) is 0 Å². The van der Waals surface area contributed by atoms with Crippen molar-refractivity contribution in [2.24, 2.45) is 0 Å². The van der Waals surface area contributed by atoms with E-state index in [9.17, 15) is 4.79 Å². The molecule has 8 heteroatoms. The Balaban J connectivity index is 1.79. The fraction of sp³-hybridized carbons (Fsp3) is 0.167. The molecule has 3 aromatic rings. The van der Waals surface area contributed by atoms with Crippen molar-refractivity contribution in [2.45, 2.75) is 13.5 Å². The molecule has 3 rings (SSSR count). The molecule has 1 heterocycles. The Hall–Kier alpha value is -2.08. The second-order valence-electron chi connectivity index (χ2n) is 5.46. The summed E-state index contributed by atoms with van der Waals surface area (Å²) in [6, 6.07) is 11.9. The van der Waals surface area contributed by atoms with Crippen LogP contribution in [0.2, 0.25) is 15.1 Å².